The second kappa shape index (κ2) is 18.2. The highest BCUT2D eigenvalue weighted by molar-refractivity contribution is 5.84. The zero-order chi connectivity index (χ0) is 29.3. The molecule has 0 aromatic heterocycles. The number of aliphatic carboxylic acids is 1. The topological polar surface area (TPSA) is 145 Å². The maximum atomic E-state index is 12.7. The number of nitrogens with two attached hydrogens (primary N) is 1. The fraction of sp³-hybridized carbons (Fsp3) is 0.615. The van der Waals surface area contributed by atoms with Crippen molar-refractivity contribution in [2.45, 2.75) is 84.7 Å². The third-order valence-electron chi connectivity index (χ3n) is 5.50. The van der Waals surface area contributed by atoms with Gasteiger partial charge in [0.15, 0.2) is 0 Å². The van der Waals surface area contributed by atoms with Crippen LogP contribution in [0.1, 0.15) is 65.4 Å². The normalized spacial score (nSPS) is 14.1. The molecular weight excluding hydrogens is 509 g/mol. The lowest BCUT2D eigenvalue weighted by molar-refractivity contribution is -0.192. The molecule has 12 heteroatoms. The molecule has 0 unspecified atom stereocenters. The van der Waals surface area contributed by atoms with Gasteiger partial charge in [-0.1, -0.05) is 76.8 Å². The van der Waals surface area contributed by atoms with Crippen molar-refractivity contribution in [2.24, 2.45) is 17.6 Å². The summed E-state index contributed by atoms with van der Waals surface area (Å²) in [5.74, 6) is -4.81. The highest BCUT2D eigenvalue weighted by atomic mass is 19.4. The number of esters is 2. The number of halogens is 3. The largest absolute Gasteiger partial charge is 0.490 e. The second-order valence-corrected chi connectivity index (χ2v) is 8.97. The van der Waals surface area contributed by atoms with E-state index < -0.39 is 42.1 Å². The summed E-state index contributed by atoms with van der Waals surface area (Å²) in [6.45, 7) is 7.28. The number of amides is 1. The highest BCUT2D eigenvalue weighted by Gasteiger charge is 2.38. The van der Waals surface area contributed by atoms with Crippen LogP contribution in [0, 0.1) is 11.8 Å². The lowest BCUT2D eigenvalue weighted by Crippen LogP contribution is -2.44. The molecule has 4 N–H and O–H groups in total. The van der Waals surface area contributed by atoms with Crippen LogP contribution >= 0.6 is 0 Å². The molecule has 1 aromatic rings. The summed E-state index contributed by atoms with van der Waals surface area (Å²) < 4.78 is 42.5. The van der Waals surface area contributed by atoms with Gasteiger partial charge in [-0.25, -0.2) is 4.79 Å². The maximum Gasteiger partial charge on any atom is 0.490 e. The standard InChI is InChI=1S/C24H38N2O5.C2HF3O2/c1-5-6-7-9-12-17(2)22(31-24(29)19(4)25)18(3)23(28)26-15-21(27)30-16-20-13-10-8-11-14-20;3-2(4,5)1(6)7/h8,10-11,13-14,17-19,22H,5-7,9,12,15-16,25H2,1-4H3,(H,26,28);(H,6,7)/t17-,18+,19-,22+;/m0./s1. The lowest BCUT2D eigenvalue weighted by atomic mass is 9.88. The number of carbonyl (C=O) groups excluding carboxylic acids is 3. The Labute approximate surface area is 221 Å². The number of unbranched alkanes of at least 4 members (excludes halogenated alkanes) is 3. The molecule has 0 heterocycles. The Morgan fingerprint density at radius 3 is 2.11 bits per heavy atom. The Balaban J connectivity index is 0.00000171. The van der Waals surface area contributed by atoms with Gasteiger partial charge in [0.2, 0.25) is 5.91 Å². The average molecular weight is 549 g/mol. The smallest absolute Gasteiger partial charge is 0.475 e. The quantitative estimate of drug-likeness (QED) is 0.234. The summed E-state index contributed by atoms with van der Waals surface area (Å²) in [7, 11) is 0. The van der Waals surface area contributed by atoms with E-state index in [2.05, 4.69) is 12.2 Å². The monoisotopic (exact) mass is 548 g/mol. The minimum absolute atomic E-state index is 0.00895. The van der Waals surface area contributed by atoms with Crippen molar-refractivity contribution >= 4 is 23.8 Å². The van der Waals surface area contributed by atoms with Crippen LogP contribution in [0.25, 0.3) is 0 Å². The molecule has 1 aromatic carbocycles. The molecule has 0 aliphatic carbocycles. The van der Waals surface area contributed by atoms with Crippen LogP contribution < -0.4 is 11.1 Å². The molecule has 0 spiro atoms. The van der Waals surface area contributed by atoms with Gasteiger partial charge in [-0.2, -0.15) is 13.2 Å². The molecular formula is C26H39F3N2O7. The van der Waals surface area contributed by atoms with E-state index in [0.29, 0.717) is 0 Å². The van der Waals surface area contributed by atoms with E-state index >= 15 is 0 Å². The maximum absolute atomic E-state index is 12.7. The first-order valence-corrected chi connectivity index (χ1v) is 12.4. The molecule has 0 saturated heterocycles. The number of alkyl halides is 3. The number of nitrogens with one attached hydrogen (secondary N) is 1. The van der Waals surface area contributed by atoms with Crippen LogP contribution in [0.15, 0.2) is 30.3 Å². The predicted octanol–water partition coefficient (Wildman–Crippen LogP) is 3.98. The van der Waals surface area contributed by atoms with E-state index in [1.165, 1.54) is 0 Å². The lowest BCUT2D eigenvalue weighted by Gasteiger charge is -2.29. The molecule has 0 radical (unpaired) electrons. The van der Waals surface area contributed by atoms with Gasteiger partial charge >= 0.3 is 24.1 Å². The van der Waals surface area contributed by atoms with Crippen LogP contribution in [-0.2, 0) is 35.3 Å². The fourth-order valence-electron chi connectivity index (χ4n) is 3.27. The zero-order valence-electron chi connectivity index (χ0n) is 22.3. The van der Waals surface area contributed by atoms with Gasteiger partial charge in [0.05, 0.1) is 5.92 Å². The Bertz CT molecular complexity index is 864. The summed E-state index contributed by atoms with van der Waals surface area (Å²) in [4.78, 5) is 45.6. The summed E-state index contributed by atoms with van der Waals surface area (Å²) in [6, 6.07) is 8.55. The van der Waals surface area contributed by atoms with Gasteiger partial charge in [0, 0.05) is 0 Å². The molecule has 1 amide bonds. The van der Waals surface area contributed by atoms with Crippen molar-refractivity contribution < 1.29 is 46.9 Å². The van der Waals surface area contributed by atoms with Crippen LogP contribution in [0.4, 0.5) is 13.2 Å². The van der Waals surface area contributed by atoms with Crippen molar-refractivity contribution in [1.82, 2.24) is 5.32 Å². The van der Waals surface area contributed by atoms with E-state index in [1.807, 2.05) is 37.3 Å². The Kier molecular flexibility index (Phi) is 16.7. The first-order valence-electron chi connectivity index (χ1n) is 12.4. The summed E-state index contributed by atoms with van der Waals surface area (Å²) in [5, 5.41) is 9.72. The number of hydrogen-bond donors (Lipinski definition) is 3. The first-order chi connectivity index (χ1) is 17.7. The van der Waals surface area contributed by atoms with Gasteiger partial charge in [-0.3, -0.25) is 14.4 Å². The van der Waals surface area contributed by atoms with Crippen molar-refractivity contribution in [1.29, 1.82) is 0 Å². The van der Waals surface area contributed by atoms with Crippen LogP contribution in [0.2, 0.25) is 0 Å². The second-order valence-electron chi connectivity index (χ2n) is 8.97. The van der Waals surface area contributed by atoms with Crippen molar-refractivity contribution in [3.8, 4) is 0 Å². The van der Waals surface area contributed by atoms with Gasteiger partial charge in [0.25, 0.3) is 0 Å². The SMILES string of the molecule is CCCCCC[C@H](C)[C@@H](OC(=O)[C@H](C)N)[C@@H](C)C(=O)NCC(=O)OCc1ccccc1.O=C(O)C(F)(F)F. The molecule has 0 aliphatic heterocycles. The average Bonchev–Trinajstić information content (AvgIpc) is 2.86. The Hall–Kier alpha value is -3.15. The van der Waals surface area contributed by atoms with Crippen LogP contribution in [0.3, 0.4) is 0 Å². The number of hydrogen-bond acceptors (Lipinski definition) is 7. The zero-order valence-corrected chi connectivity index (χ0v) is 22.3. The van der Waals surface area contributed by atoms with Crippen molar-refractivity contribution in [2.75, 3.05) is 6.54 Å². The first kappa shape index (κ1) is 34.9. The van der Waals surface area contributed by atoms with E-state index in [1.54, 1.807) is 13.8 Å². The minimum atomic E-state index is -5.08. The molecule has 38 heavy (non-hydrogen) atoms. The number of carboxylic acid groups (broad SMARTS) is 1. The molecule has 1 rings (SSSR count). The highest BCUT2D eigenvalue weighted by Crippen LogP contribution is 2.23. The van der Waals surface area contributed by atoms with Crippen molar-refractivity contribution in [3.63, 3.8) is 0 Å². The van der Waals surface area contributed by atoms with Crippen LogP contribution in [0.5, 0.6) is 0 Å². The summed E-state index contributed by atoms with van der Waals surface area (Å²) in [5.41, 5.74) is 6.51. The van der Waals surface area contributed by atoms with E-state index in [9.17, 15) is 27.6 Å². The molecule has 0 saturated carbocycles. The summed E-state index contributed by atoms with van der Waals surface area (Å²) in [6.07, 6.45) is -0.465. The molecule has 4 atom stereocenters. The van der Waals surface area contributed by atoms with Crippen molar-refractivity contribution in [3.05, 3.63) is 35.9 Å². The van der Waals surface area contributed by atoms with Gasteiger partial charge in [-0.15, -0.1) is 0 Å². The van der Waals surface area contributed by atoms with Gasteiger partial charge < -0.3 is 25.6 Å². The third kappa shape index (κ3) is 15.2. The van der Waals surface area contributed by atoms with E-state index in [0.717, 1.165) is 37.7 Å². The number of carboxylic acids is 1. The van der Waals surface area contributed by atoms with Crippen LogP contribution in [-0.4, -0.2) is 53.8 Å². The fourth-order valence-corrected chi connectivity index (χ4v) is 3.27. The predicted molar refractivity (Wildman–Crippen MR) is 134 cm³/mol. The van der Waals surface area contributed by atoms with Gasteiger partial charge in [0.1, 0.15) is 25.3 Å². The Morgan fingerprint density at radius 2 is 1.61 bits per heavy atom. The van der Waals surface area contributed by atoms with E-state index in [-0.39, 0.29) is 25.0 Å². The third-order valence-corrected chi connectivity index (χ3v) is 5.50. The molecule has 0 fully saturated rings. The Morgan fingerprint density at radius 1 is 1.03 bits per heavy atom. The van der Waals surface area contributed by atoms with Gasteiger partial charge in [-0.05, 0) is 24.8 Å². The molecule has 0 bridgehead atoms. The number of carbonyl (C=O) groups is 4. The molecule has 216 valence electrons. The number of rotatable bonds is 14. The summed E-state index contributed by atoms with van der Waals surface area (Å²) >= 11 is 0. The number of ether oxygens (including phenoxy) is 2. The molecule has 9 nitrogen and oxygen atoms in total. The minimum Gasteiger partial charge on any atom is -0.475 e. The number of benzene rings is 1. The molecule has 0 aliphatic rings. The van der Waals surface area contributed by atoms with E-state index in [4.69, 9.17) is 25.1 Å².